The number of methoxy groups -OCH3 is 1. The smallest absolute Gasteiger partial charge is 0.322 e. The summed E-state index contributed by atoms with van der Waals surface area (Å²) in [5.41, 5.74) is 0.943. The van der Waals surface area contributed by atoms with E-state index in [-0.39, 0.29) is 11.4 Å². The Labute approximate surface area is 158 Å². The maximum atomic E-state index is 15.2. The highest BCUT2D eigenvalue weighted by atomic mass is 32.2. The number of allylic oxidation sites excluding steroid dienone is 2. The number of carbonyl (C=O) groups is 2. The van der Waals surface area contributed by atoms with Crippen LogP contribution < -0.4 is 0 Å². The Morgan fingerprint density at radius 2 is 1.96 bits per heavy atom. The van der Waals surface area contributed by atoms with E-state index in [1.165, 1.54) is 30.7 Å². The number of Topliss-reactive ketones (excluding diaryl/α,β-unsaturated/α-hetero) is 1. The summed E-state index contributed by atoms with van der Waals surface area (Å²) >= 11 is 1.29. The van der Waals surface area contributed by atoms with E-state index < -0.39 is 22.6 Å². The number of ether oxygens (including phenoxy) is 1. The summed E-state index contributed by atoms with van der Waals surface area (Å²) < 4.78 is 19.2. The summed E-state index contributed by atoms with van der Waals surface area (Å²) in [4.78, 5) is 26.2. The number of nitrogens with zero attached hydrogens (tertiary/aromatic N) is 1. The third-order valence-electron chi connectivity index (χ3n) is 4.74. The molecule has 0 radical (unpaired) electrons. The first kappa shape index (κ1) is 20.2. The number of ketones is 1. The van der Waals surface area contributed by atoms with E-state index in [0.29, 0.717) is 13.0 Å². The van der Waals surface area contributed by atoms with Gasteiger partial charge in [-0.05, 0) is 25.2 Å². The molecule has 0 fully saturated rings. The highest BCUT2D eigenvalue weighted by Gasteiger charge is 2.48. The number of halogens is 1. The molecule has 1 heterocycles. The van der Waals surface area contributed by atoms with Crippen LogP contribution in [0.1, 0.15) is 25.8 Å². The third kappa shape index (κ3) is 3.70. The van der Waals surface area contributed by atoms with Gasteiger partial charge in [-0.3, -0.25) is 9.59 Å². The predicted octanol–water partition coefficient (Wildman–Crippen LogP) is 4.09. The van der Waals surface area contributed by atoms with E-state index in [0.717, 1.165) is 5.56 Å². The van der Waals surface area contributed by atoms with E-state index >= 15 is 4.39 Å². The quantitative estimate of drug-likeness (QED) is 0.529. The molecule has 26 heavy (non-hydrogen) atoms. The van der Waals surface area contributed by atoms with E-state index in [2.05, 4.69) is 0 Å². The molecule has 0 saturated heterocycles. The van der Waals surface area contributed by atoms with Crippen molar-refractivity contribution in [3.63, 3.8) is 0 Å². The Morgan fingerprint density at radius 3 is 2.46 bits per heavy atom. The van der Waals surface area contributed by atoms with Gasteiger partial charge < -0.3 is 9.64 Å². The minimum Gasteiger partial charge on any atom is -0.468 e. The summed E-state index contributed by atoms with van der Waals surface area (Å²) in [7, 11) is 1.31. The minimum atomic E-state index is -1.04. The molecule has 1 aliphatic heterocycles. The molecule has 1 aromatic carbocycles. The van der Waals surface area contributed by atoms with Gasteiger partial charge in [0.1, 0.15) is 4.75 Å². The zero-order valence-corrected chi connectivity index (χ0v) is 16.3. The Balaban J connectivity index is 2.46. The molecule has 0 saturated carbocycles. The summed E-state index contributed by atoms with van der Waals surface area (Å²) in [6.45, 7) is 3.48. The molecular weight excluding hydrogens is 353 g/mol. The number of rotatable bonds is 7. The molecule has 1 aromatic rings. The van der Waals surface area contributed by atoms with Gasteiger partial charge in [-0.2, -0.15) is 4.39 Å². The average molecular weight is 377 g/mol. The standard InChI is InChI=1S/C20H24FNO3S/c1-5-20(26-4,19(24)25-3)16-11-12-22(18(21)17(16)14(2)23)13-15-9-7-6-8-10-15/h6-12,16H,5,13H2,1-4H3. The molecule has 0 aliphatic carbocycles. The van der Waals surface area contributed by atoms with Gasteiger partial charge >= 0.3 is 5.97 Å². The van der Waals surface area contributed by atoms with Gasteiger partial charge in [0, 0.05) is 18.7 Å². The van der Waals surface area contributed by atoms with Crippen LogP contribution in [-0.4, -0.2) is 34.8 Å². The lowest BCUT2D eigenvalue weighted by atomic mass is 9.80. The molecule has 0 N–H and O–H groups in total. The van der Waals surface area contributed by atoms with Gasteiger partial charge in [0.05, 0.1) is 12.7 Å². The summed E-state index contributed by atoms with van der Waals surface area (Å²) in [5, 5.41) is 0. The fourth-order valence-electron chi connectivity index (χ4n) is 3.31. The van der Waals surface area contributed by atoms with Gasteiger partial charge in [-0.1, -0.05) is 43.3 Å². The van der Waals surface area contributed by atoms with Crippen LogP contribution in [0.5, 0.6) is 0 Å². The van der Waals surface area contributed by atoms with E-state index in [1.54, 1.807) is 18.5 Å². The molecule has 1 aliphatic rings. The molecule has 2 atom stereocenters. The van der Waals surface area contributed by atoms with Crippen molar-refractivity contribution in [3.8, 4) is 0 Å². The van der Waals surface area contributed by atoms with E-state index in [4.69, 9.17) is 4.74 Å². The lowest BCUT2D eigenvalue weighted by molar-refractivity contribution is -0.144. The van der Waals surface area contributed by atoms with Gasteiger partial charge in [-0.25, -0.2) is 0 Å². The number of hydrogen-bond donors (Lipinski definition) is 0. The van der Waals surface area contributed by atoms with Crippen molar-refractivity contribution in [2.24, 2.45) is 5.92 Å². The molecular formula is C20H24FNO3S. The summed E-state index contributed by atoms with van der Waals surface area (Å²) in [5.74, 6) is -2.12. The number of carbonyl (C=O) groups excluding carboxylic acids is 2. The molecule has 0 amide bonds. The highest BCUT2D eigenvalue weighted by Crippen LogP contribution is 2.44. The third-order valence-corrected chi connectivity index (χ3v) is 6.18. The summed E-state index contributed by atoms with van der Waals surface area (Å²) in [6.07, 6.45) is 5.54. The van der Waals surface area contributed by atoms with Crippen LogP contribution in [0.15, 0.2) is 54.1 Å². The van der Waals surface area contributed by atoms with Crippen LogP contribution in [0.25, 0.3) is 0 Å². The fourth-order valence-corrected chi connectivity index (χ4v) is 4.30. The van der Waals surface area contributed by atoms with Crippen LogP contribution in [0, 0.1) is 5.92 Å². The number of esters is 1. The van der Waals surface area contributed by atoms with Crippen LogP contribution in [0.3, 0.4) is 0 Å². The second kappa shape index (κ2) is 8.54. The topological polar surface area (TPSA) is 46.6 Å². The molecule has 4 nitrogen and oxygen atoms in total. The zero-order chi connectivity index (χ0) is 19.3. The SMILES string of the molecule is CCC(SC)(C(=O)OC)C1C=CN(Cc2ccccc2)C(F)=C1C(C)=O. The van der Waals surface area contributed by atoms with Crippen molar-refractivity contribution >= 4 is 23.5 Å². The zero-order valence-electron chi connectivity index (χ0n) is 15.5. The van der Waals surface area contributed by atoms with Crippen LogP contribution in [0.2, 0.25) is 0 Å². The number of benzene rings is 1. The maximum absolute atomic E-state index is 15.2. The maximum Gasteiger partial charge on any atom is 0.322 e. The largest absolute Gasteiger partial charge is 0.468 e. The molecule has 0 spiro atoms. The van der Waals surface area contributed by atoms with Gasteiger partial charge in [-0.15, -0.1) is 11.8 Å². The Bertz CT molecular complexity index is 726. The molecule has 0 bridgehead atoms. The second-order valence-electron chi connectivity index (χ2n) is 6.13. The van der Waals surface area contributed by atoms with E-state index in [1.807, 2.05) is 37.3 Å². The van der Waals surface area contributed by atoms with Gasteiger partial charge in [0.2, 0.25) is 5.95 Å². The van der Waals surface area contributed by atoms with Crippen molar-refractivity contribution in [2.45, 2.75) is 31.6 Å². The van der Waals surface area contributed by atoms with Crippen molar-refractivity contribution < 1.29 is 18.7 Å². The lowest BCUT2D eigenvalue weighted by Crippen LogP contribution is -2.46. The predicted molar refractivity (Wildman–Crippen MR) is 102 cm³/mol. The number of hydrogen-bond acceptors (Lipinski definition) is 5. The van der Waals surface area contributed by atoms with Crippen molar-refractivity contribution in [3.05, 3.63) is 59.7 Å². The van der Waals surface area contributed by atoms with Crippen molar-refractivity contribution in [1.82, 2.24) is 4.90 Å². The van der Waals surface area contributed by atoms with Crippen LogP contribution in [-0.2, 0) is 20.9 Å². The average Bonchev–Trinajstić information content (AvgIpc) is 2.65. The Kier molecular flexibility index (Phi) is 6.64. The number of thioether (sulfide) groups is 1. The van der Waals surface area contributed by atoms with Crippen LogP contribution >= 0.6 is 11.8 Å². The van der Waals surface area contributed by atoms with Crippen molar-refractivity contribution in [2.75, 3.05) is 13.4 Å². The summed E-state index contributed by atoms with van der Waals surface area (Å²) in [6, 6.07) is 9.45. The molecule has 140 valence electrons. The monoisotopic (exact) mass is 377 g/mol. The Hall–Kier alpha value is -2.08. The molecule has 2 unspecified atom stereocenters. The molecule has 2 rings (SSSR count). The first-order chi connectivity index (χ1) is 12.4. The fraction of sp³-hybridized carbons (Fsp3) is 0.400. The highest BCUT2D eigenvalue weighted by molar-refractivity contribution is 8.00. The molecule has 6 heteroatoms. The van der Waals surface area contributed by atoms with E-state index in [9.17, 15) is 9.59 Å². The Morgan fingerprint density at radius 1 is 1.31 bits per heavy atom. The molecule has 0 aromatic heterocycles. The first-order valence-corrected chi connectivity index (χ1v) is 9.66. The normalized spacial score (nSPS) is 19.3. The minimum absolute atomic E-state index is 0.0185. The van der Waals surface area contributed by atoms with Crippen molar-refractivity contribution in [1.29, 1.82) is 0 Å². The van der Waals surface area contributed by atoms with Crippen LogP contribution in [0.4, 0.5) is 4.39 Å². The van der Waals surface area contributed by atoms with Gasteiger partial charge in [0.25, 0.3) is 0 Å². The second-order valence-corrected chi connectivity index (χ2v) is 7.27. The van der Waals surface area contributed by atoms with Gasteiger partial charge in [0.15, 0.2) is 5.78 Å². The lowest BCUT2D eigenvalue weighted by Gasteiger charge is -2.38. The first-order valence-electron chi connectivity index (χ1n) is 8.44.